The molecule has 240 valence electrons. The van der Waals surface area contributed by atoms with E-state index in [1.165, 1.54) is 44.9 Å². The van der Waals surface area contributed by atoms with Crippen molar-refractivity contribution in [2.75, 3.05) is 17.2 Å². The molecule has 6 rings (SSSR count). The van der Waals surface area contributed by atoms with Gasteiger partial charge in [0.2, 0.25) is 11.7 Å². The Labute approximate surface area is 260 Å². The fraction of sp³-hybridized carbons (Fsp3) is 0.467. The number of fused-ring (bicyclic) bond motifs is 3. The lowest BCUT2D eigenvalue weighted by Gasteiger charge is -2.44. The number of ketones is 1. The second kappa shape index (κ2) is 10.5. The van der Waals surface area contributed by atoms with Crippen LogP contribution in [-0.2, 0) is 26.5 Å². The highest BCUT2D eigenvalue weighted by molar-refractivity contribution is 7.92. The molecule has 0 radical (unpaired) electrons. The molecule has 0 spiro atoms. The van der Waals surface area contributed by atoms with Crippen LogP contribution in [0.15, 0.2) is 40.9 Å². The van der Waals surface area contributed by atoms with E-state index in [2.05, 4.69) is 15.0 Å². The smallest absolute Gasteiger partial charge is 0.451 e. The first kappa shape index (κ1) is 31.5. The summed E-state index contributed by atoms with van der Waals surface area (Å²) in [5, 5.41) is 0.457. The molecule has 0 bridgehead atoms. The summed E-state index contributed by atoms with van der Waals surface area (Å²) in [6, 6.07) is 6.86. The first-order chi connectivity index (χ1) is 20.9. The number of carbonyl (C=O) groups is 1. The normalized spacial score (nSPS) is 26.4. The van der Waals surface area contributed by atoms with Crippen LogP contribution in [0.25, 0.3) is 22.1 Å². The molecule has 15 heteroatoms. The van der Waals surface area contributed by atoms with Crippen molar-refractivity contribution in [2.24, 2.45) is 5.92 Å². The zero-order chi connectivity index (χ0) is 32.7. The van der Waals surface area contributed by atoms with Gasteiger partial charge in [-0.2, -0.15) is 13.2 Å². The third-order valence-corrected chi connectivity index (χ3v) is 11.8. The Bertz CT molecular complexity index is 1950. The summed E-state index contributed by atoms with van der Waals surface area (Å²) < 4.78 is 95.2. The third kappa shape index (κ3) is 5.29. The predicted molar refractivity (Wildman–Crippen MR) is 159 cm³/mol. The van der Waals surface area contributed by atoms with Gasteiger partial charge in [-0.3, -0.25) is 4.79 Å². The highest BCUT2D eigenvalue weighted by Gasteiger charge is 2.55. The standard InChI is InChI=1S/C30H29ClF4N4O5S/c1-15-13-45(41,42)28(3,4)14-29(15,32)20-9-17(31)11-36-26(20)43-18-10-21(16(2)40)39(12-18)25-24-23(37-27(38-25)30(33,34)35)19-7-5-6-8-22(19)44-24/h5-9,11,15,18,21H,10,12-14H2,1-4H3/t15-,18-,21-,29-/m0/s1. The minimum atomic E-state index is -4.89. The van der Waals surface area contributed by atoms with E-state index in [1.54, 1.807) is 24.3 Å². The maximum atomic E-state index is 17.0. The average molecular weight is 669 g/mol. The van der Waals surface area contributed by atoms with E-state index >= 15 is 4.39 Å². The Morgan fingerprint density at radius 3 is 2.60 bits per heavy atom. The number of anilines is 1. The van der Waals surface area contributed by atoms with Crippen LogP contribution in [0.5, 0.6) is 5.88 Å². The fourth-order valence-corrected chi connectivity index (χ4v) is 8.29. The van der Waals surface area contributed by atoms with Gasteiger partial charge in [0.05, 0.1) is 33.7 Å². The first-order valence-corrected chi connectivity index (χ1v) is 16.2. The fourth-order valence-electron chi connectivity index (χ4n) is 6.33. The van der Waals surface area contributed by atoms with Crippen molar-refractivity contribution in [1.29, 1.82) is 0 Å². The van der Waals surface area contributed by atoms with Crippen LogP contribution in [-0.4, -0.2) is 58.3 Å². The van der Waals surface area contributed by atoms with Gasteiger partial charge in [-0.1, -0.05) is 30.7 Å². The number of Topliss-reactive ketones (excluding diaryl/α,β-unsaturated/α-hetero) is 1. The maximum absolute atomic E-state index is 17.0. The second-order valence-corrected chi connectivity index (χ2v) is 15.5. The number of furan rings is 1. The number of sulfone groups is 1. The molecular weight excluding hydrogens is 640 g/mol. The molecular formula is C30H29ClF4N4O5S. The Kier molecular flexibility index (Phi) is 7.35. The Morgan fingerprint density at radius 1 is 1.20 bits per heavy atom. The van der Waals surface area contributed by atoms with E-state index in [-0.39, 0.29) is 58.6 Å². The van der Waals surface area contributed by atoms with Gasteiger partial charge in [-0.15, -0.1) is 0 Å². The third-order valence-electron chi connectivity index (χ3n) is 8.78. The molecule has 2 aliphatic heterocycles. The molecule has 2 aliphatic rings. The Balaban J connectivity index is 1.41. The topological polar surface area (TPSA) is 115 Å². The van der Waals surface area contributed by atoms with Gasteiger partial charge in [0.25, 0.3) is 0 Å². The molecule has 4 atom stereocenters. The number of hydrogen-bond acceptors (Lipinski definition) is 9. The van der Waals surface area contributed by atoms with Gasteiger partial charge in [0, 0.05) is 30.3 Å². The summed E-state index contributed by atoms with van der Waals surface area (Å²) in [5.74, 6) is -3.51. The lowest BCUT2D eigenvalue weighted by molar-refractivity contribution is -0.144. The van der Waals surface area contributed by atoms with Crippen LogP contribution in [0.2, 0.25) is 5.02 Å². The predicted octanol–water partition coefficient (Wildman–Crippen LogP) is 6.46. The van der Waals surface area contributed by atoms with Crippen LogP contribution in [0.1, 0.15) is 51.9 Å². The average Bonchev–Trinajstić information content (AvgIpc) is 3.53. The molecule has 0 saturated carbocycles. The molecule has 3 aromatic heterocycles. The number of alkyl halides is 4. The van der Waals surface area contributed by atoms with Crippen LogP contribution in [0.4, 0.5) is 23.4 Å². The lowest BCUT2D eigenvalue weighted by Crippen LogP contribution is -2.51. The van der Waals surface area contributed by atoms with E-state index in [9.17, 15) is 26.4 Å². The Morgan fingerprint density at radius 2 is 1.91 bits per heavy atom. The van der Waals surface area contributed by atoms with E-state index in [0.717, 1.165) is 0 Å². The van der Waals surface area contributed by atoms with Crippen LogP contribution in [0.3, 0.4) is 0 Å². The molecule has 2 fully saturated rings. The van der Waals surface area contributed by atoms with Crippen molar-refractivity contribution in [3.8, 4) is 5.88 Å². The van der Waals surface area contributed by atoms with Crippen LogP contribution < -0.4 is 9.64 Å². The summed E-state index contributed by atoms with van der Waals surface area (Å²) in [6.07, 6.45) is -4.85. The minimum absolute atomic E-state index is 0.0147. The van der Waals surface area contributed by atoms with Gasteiger partial charge in [0.1, 0.15) is 22.9 Å². The first-order valence-electron chi connectivity index (χ1n) is 14.2. The second-order valence-electron chi connectivity index (χ2n) is 12.4. The van der Waals surface area contributed by atoms with Crippen molar-refractivity contribution in [3.63, 3.8) is 0 Å². The number of ether oxygens (including phenoxy) is 1. The number of halogens is 5. The molecule has 45 heavy (non-hydrogen) atoms. The summed E-state index contributed by atoms with van der Waals surface area (Å²) >= 11 is 6.23. The van der Waals surface area contributed by atoms with Gasteiger partial charge in [-0.05, 0) is 39.0 Å². The molecule has 0 N–H and O–H groups in total. The molecule has 0 amide bonds. The van der Waals surface area contributed by atoms with Gasteiger partial charge < -0.3 is 14.1 Å². The maximum Gasteiger partial charge on any atom is 0.451 e. The van der Waals surface area contributed by atoms with Gasteiger partial charge in [0.15, 0.2) is 27.0 Å². The zero-order valence-electron chi connectivity index (χ0n) is 24.7. The Hall–Kier alpha value is -3.52. The number of hydrogen-bond donors (Lipinski definition) is 0. The quantitative estimate of drug-likeness (QED) is 0.221. The molecule has 4 aromatic rings. The summed E-state index contributed by atoms with van der Waals surface area (Å²) in [7, 11) is -3.61. The minimum Gasteiger partial charge on any atom is -0.472 e. The summed E-state index contributed by atoms with van der Waals surface area (Å²) in [6.45, 7) is 5.60. The highest BCUT2D eigenvalue weighted by atomic mass is 35.5. The van der Waals surface area contributed by atoms with E-state index in [4.69, 9.17) is 20.8 Å². The van der Waals surface area contributed by atoms with E-state index < -0.39 is 56.1 Å². The van der Waals surface area contributed by atoms with E-state index in [1.807, 2.05) is 0 Å². The molecule has 5 heterocycles. The zero-order valence-corrected chi connectivity index (χ0v) is 26.2. The van der Waals surface area contributed by atoms with Gasteiger partial charge >= 0.3 is 6.18 Å². The van der Waals surface area contributed by atoms with Crippen LogP contribution in [0, 0.1) is 5.92 Å². The molecule has 0 unspecified atom stereocenters. The lowest BCUT2D eigenvalue weighted by atomic mass is 9.78. The highest BCUT2D eigenvalue weighted by Crippen LogP contribution is 2.51. The van der Waals surface area contributed by atoms with Crippen molar-refractivity contribution in [2.45, 2.75) is 69.3 Å². The molecule has 1 aromatic carbocycles. The number of para-hydroxylation sites is 1. The summed E-state index contributed by atoms with van der Waals surface area (Å²) in [5.41, 5.74) is -2.01. The van der Waals surface area contributed by atoms with Gasteiger partial charge in [-0.25, -0.2) is 27.8 Å². The number of rotatable bonds is 5. The molecule has 0 aliphatic carbocycles. The number of carbonyl (C=O) groups excluding carboxylic acids is 1. The summed E-state index contributed by atoms with van der Waals surface area (Å²) in [4.78, 5) is 26.0. The molecule has 9 nitrogen and oxygen atoms in total. The largest absolute Gasteiger partial charge is 0.472 e. The van der Waals surface area contributed by atoms with Crippen molar-refractivity contribution < 1.29 is 39.9 Å². The monoisotopic (exact) mass is 668 g/mol. The van der Waals surface area contributed by atoms with Crippen molar-refractivity contribution in [3.05, 3.63) is 52.9 Å². The SMILES string of the molecule is CC(=O)[C@@H]1C[C@H](Oc2ncc(Cl)cc2[C@]2(F)CC(C)(C)S(=O)(=O)C[C@@H]2C)CN1c1nc(C(F)(F)F)nc2c1oc1ccccc12. The number of aromatic nitrogens is 3. The number of pyridine rings is 1. The van der Waals surface area contributed by atoms with E-state index in [0.29, 0.717) is 11.0 Å². The number of benzene rings is 1. The van der Waals surface area contributed by atoms with Crippen molar-refractivity contribution in [1.82, 2.24) is 15.0 Å². The number of nitrogens with zero attached hydrogens (tertiary/aromatic N) is 4. The molecule has 2 saturated heterocycles. The van der Waals surface area contributed by atoms with Crippen LogP contribution >= 0.6 is 11.6 Å². The van der Waals surface area contributed by atoms with Crippen molar-refractivity contribution >= 4 is 55.1 Å².